The van der Waals surface area contributed by atoms with Crippen LogP contribution in [0.4, 0.5) is 23.2 Å². The highest BCUT2D eigenvalue weighted by atomic mass is 19.4. The van der Waals surface area contributed by atoms with Gasteiger partial charge in [-0.25, -0.2) is 13.8 Å². The molecule has 180 valence electrons. The molecule has 7 nitrogen and oxygen atoms in total. The molecular weight excluding hydrogens is 470 g/mol. The molecule has 35 heavy (non-hydrogen) atoms. The largest absolute Gasteiger partial charge is 0.485 e. The van der Waals surface area contributed by atoms with Gasteiger partial charge >= 0.3 is 11.9 Å². The van der Waals surface area contributed by atoms with Crippen molar-refractivity contribution in [3.8, 4) is 22.9 Å². The topological polar surface area (TPSA) is 99.3 Å². The normalized spacial score (nSPS) is 11.3. The summed E-state index contributed by atoms with van der Waals surface area (Å²) in [6, 6.07) is 17.7. The van der Waals surface area contributed by atoms with Gasteiger partial charge in [0.05, 0.1) is 11.4 Å². The molecule has 1 aromatic heterocycles. The molecule has 0 saturated heterocycles. The first-order chi connectivity index (χ1) is 16.6. The van der Waals surface area contributed by atoms with E-state index in [-0.39, 0.29) is 34.4 Å². The van der Waals surface area contributed by atoms with Crippen molar-refractivity contribution in [3.63, 3.8) is 0 Å². The van der Waals surface area contributed by atoms with Crippen LogP contribution < -0.4 is 26.5 Å². The number of alkyl halides is 3. The van der Waals surface area contributed by atoms with Gasteiger partial charge in [0, 0.05) is 18.2 Å². The standard InChI is InChI=1S/C24H17F4N3O4/c25-15-10-16(29)20(11-17(15)31-22(32)12-21(24(26,27)28)30-23(31)33)35-19-9-5-4-8-18(19)34-13-14-6-2-1-3-7-14/h1-12H,13,29H2,(H,30,33). The molecule has 0 unspecified atom stereocenters. The fourth-order valence-corrected chi connectivity index (χ4v) is 3.20. The molecule has 0 atom stereocenters. The molecular formula is C24H17F4N3O4. The first-order valence-corrected chi connectivity index (χ1v) is 10.1. The molecule has 4 aromatic rings. The van der Waals surface area contributed by atoms with Gasteiger partial charge in [-0.15, -0.1) is 0 Å². The third-order valence-electron chi connectivity index (χ3n) is 4.86. The highest BCUT2D eigenvalue weighted by molar-refractivity contribution is 5.60. The van der Waals surface area contributed by atoms with Crippen molar-refractivity contribution < 1.29 is 27.0 Å². The lowest BCUT2D eigenvalue weighted by Gasteiger charge is -2.15. The molecule has 0 fully saturated rings. The van der Waals surface area contributed by atoms with Crippen molar-refractivity contribution >= 4 is 5.69 Å². The van der Waals surface area contributed by atoms with E-state index < -0.39 is 34.6 Å². The van der Waals surface area contributed by atoms with Crippen LogP contribution in [0.25, 0.3) is 5.69 Å². The van der Waals surface area contributed by atoms with E-state index in [9.17, 15) is 27.2 Å². The van der Waals surface area contributed by atoms with Crippen LogP contribution >= 0.6 is 0 Å². The SMILES string of the molecule is Nc1cc(F)c(-n2c(=O)cc(C(F)(F)F)[nH]c2=O)cc1Oc1ccccc1OCc1ccccc1. The van der Waals surface area contributed by atoms with Gasteiger partial charge in [-0.2, -0.15) is 13.2 Å². The summed E-state index contributed by atoms with van der Waals surface area (Å²) in [5.41, 5.74) is 1.51. The van der Waals surface area contributed by atoms with Gasteiger partial charge < -0.3 is 20.2 Å². The number of ether oxygens (including phenoxy) is 2. The third kappa shape index (κ3) is 5.18. The minimum atomic E-state index is -4.96. The van der Waals surface area contributed by atoms with E-state index in [0.717, 1.165) is 17.7 Å². The zero-order valence-corrected chi connectivity index (χ0v) is 17.8. The molecule has 4 rings (SSSR count). The van der Waals surface area contributed by atoms with Crippen molar-refractivity contribution in [3.05, 3.63) is 111 Å². The number of anilines is 1. The first kappa shape index (κ1) is 23.6. The number of rotatable bonds is 6. The van der Waals surface area contributed by atoms with Gasteiger partial charge in [0.2, 0.25) is 0 Å². The number of nitrogens with one attached hydrogen (secondary N) is 1. The molecule has 0 aliphatic rings. The molecule has 0 aliphatic carbocycles. The number of nitrogens with zero attached hydrogens (tertiary/aromatic N) is 1. The van der Waals surface area contributed by atoms with E-state index in [1.54, 1.807) is 24.3 Å². The number of nitrogens with two attached hydrogens (primary N) is 1. The van der Waals surface area contributed by atoms with Gasteiger partial charge in [0.25, 0.3) is 5.56 Å². The van der Waals surface area contributed by atoms with Crippen LogP contribution in [0.5, 0.6) is 17.2 Å². The summed E-state index contributed by atoms with van der Waals surface area (Å²) in [5.74, 6) is -0.744. The molecule has 0 spiro atoms. The van der Waals surface area contributed by atoms with Gasteiger partial charge in [0.1, 0.15) is 18.1 Å². The van der Waals surface area contributed by atoms with Gasteiger partial charge in [-0.05, 0) is 17.7 Å². The second kappa shape index (κ2) is 9.37. The minimum Gasteiger partial charge on any atom is -0.485 e. The highest BCUT2D eigenvalue weighted by Crippen LogP contribution is 2.36. The average molecular weight is 487 g/mol. The highest BCUT2D eigenvalue weighted by Gasteiger charge is 2.33. The molecule has 0 amide bonds. The molecule has 0 radical (unpaired) electrons. The van der Waals surface area contributed by atoms with Gasteiger partial charge in [0.15, 0.2) is 17.2 Å². The van der Waals surface area contributed by atoms with Crippen LogP contribution in [-0.4, -0.2) is 9.55 Å². The molecule has 0 aliphatic heterocycles. The van der Waals surface area contributed by atoms with Crippen LogP contribution in [0.3, 0.4) is 0 Å². The van der Waals surface area contributed by atoms with Gasteiger partial charge in [-0.3, -0.25) is 4.79 Å². The Bertz CT molecular complexity index is 1450. The van der Waals surface area contributed by atoms with Crippen molar-refractivity contribution in [1.29, 1.82) is 0 Å². The van der Waals surface area contributed by atoms with Crippen molar-refractivity contribution in [2.45, 2.75) is 12.8 Å². The molecule has 11 heteroatoms. The lowest BCUT2D eigenvalue weighted by Crippen LogP contribution is -2.36. The molecule has 0 saturated carbocycles. The van der Waals surface area contributed by atoms with Crippen LogP contribution in [0.2, 0.25) is 0 Å². The quantitative estimate of drug-likeness (QED) is 0.305. The zero-order valence-electron chi connectivity index (χ0n) is 17.8. The molecule has 1 heterocycles. The van der Waals surface area contributed by atoms with E-state index in [0.29, 0.717) is 5.75 Å². The molecule has 3 N–H and O–H groups in total. The second-order valence-electron chi connectivity index (χ2n) is 7.32. The number of aromatic amines is 1. The Balaban J connectivity index is 1.69. The summed E-state index contributed by atoms with van der Waals surface area (Å²) in [7, 11) is 0. The van der Waals surface area contributed by atoms with Crippen LogP contribution in [-0.2, 0) is 12.8 Å². The number of H-pyrrole nitrogens is 1. The average Bonchev–Trinajstić information content (AvgIpc) is 2.81. The summed E-state index contributed by atoms with van der Waals surface area (Å²) in [6.07, 6.45) is -4.96. The number of halogens is 4. The van der Waals surface area contributed by atoms with Crippen LogP contribution in [0.15, 0.2) is 82.4 Å². The fraction of sp³-hybridized carbons (Fsp3) is 0.0833. The van der Waals surface area contributed by atoms with E-state index >= 15 is 0 Å². The smallest absolute Gasteiger partial charge is 0.431 e. The summed E-state index contributed by atoms with van der Waals surface area (Å²) in [5, 5.41) is 0. The number of benzene rings is 3. The third-order valence-corrected chi connectivity index (χ3v) is 4.86. The monoisotopic (exact) mass is 487 g/mol. The number of aromatic nitrogens is 2. The Hall–Kier alpha value is -4.54. The molecule has 0 bridgehead atoms. The van der Waals surface area contributed by atoms with Crippen LogP contribution in [0, 0.1) is 5.82 Å². The Kier molecular flexibility index (Phi) is 6.32. The lowest BCUT2D eigenvalue weighted by molar-refractivity contribution is -0.141. The molecule has 3 aromatic carbocycles. The Morgan fingerprint density at radius 3 is 2.20 bits per heavy atom. The van der Waals surface area contributed by atoms with E-state index in [1.807, 2.05) is 30.3 Å². The van der Waals surface area contributed by atoms with Crippen LogP contribution in [0.1, 0.15) is 11.3 Å². The minimum absolute atomic E-state index is 0.150. The summed E-state index contributed by atoms with van der Waals surface area (Å²) in [6.45, 7) is 0.224. The summed E-state index contributed by atoms with van der Waals surface area (Å²) in [4.78, 5) is 26.0. The van der Waals surface area contributed by atoms with E-state index in [2.05, 4.69) is 0 Å². The Labute approximate surface area is 195 Å². The summed E-state index contributed by atoms with van der Waals surface area (Å²) >= 11 is 0. The van der Waals surface area contributed by atoms with Crippen molar-refractivity contribution in [1.82, 2.24) is 9.55 Å². The maximum absolute atomic E-state index is 14.6. The Morgan fingerprint density at radius 1 is 0.886 bits per heavy atom. The first-order valence-electron chi connectivity index (χ1n) is 10.1. The second-order valence-corrected chi connectivity index (χ2v) is 7.32. The fourth-order valence-electron chi connectivity index (χ4n) is 3.20. The number of para-hydroxylation sites is 2. The maximum Gasteiger partial charge on any atom is 0.431 e. The van der Waals surface area contributed by atoms with Crippen molar-refractivity contribution in [2.75, 3.05) is 5.73 Å². The predicted molar refractivity (Wildman–Crippen MR) is 119 cm³/mol. The number of hydrogen-bond acceptors (Lipinski definition) is 5. The van der Waals surface area contributed by atoms with Gasteiger partial charge in [-0.1, -0.05) is 42.5 Å². The lowest BCUT2D eigenvalue weighted by atomic mass is 10.2. The number of nitrogen functional groups attached to an aromatic ring is 1. The number of hydrogen-bond donors (Lipinski definition) is 2. The summed E-state index contributed by atoms with van der Waals surface area (Å²) < 4.78 is 65.1. The maximum atomic E-state index is 14.6. The zero-order chi connectivity index (χ0) is 25.2. The van der Waals surface area contributed by atoms with E-state index in [4.69, 9.17) is 15.2 Å². The van der Waals surface area contributed by atoms with E-state index in [1.165, 1.54) is 4.98 Å². The predicted octanol–water partition coefficient (Wildman–Crippen LogP) is 4.64. The van der Waals surface area contributed by atoms with Crippen molar-refractivity contribution in [2.24, 2.45) is 0 Å². The Morgan fingerprint density at radius 2 is 1.54 bits per heavy atom.